The third kappa shape index (κ3) is 2.62. The first-order chi connectivity index (χ1) is 9.84. The predicted octanol–water partition coefficient (Wildman–Crippen LogP) is 3.77. The van der Waals surface area contributed by atoms with E-state index in [2.05, 4.69) is 22.1 Å². The van der Waals surface area contributed by atoms with E-state index >= 15 is 0 Å². The number of benzene rings is 1. The van der Waals surface area contributed by atoms with Crippen molar-refractivity contribution in [2.24, 2.45) is 0 Å². The molecule has 0 saturated carbocycles. The molecule has 0 unspecified atom stereocenters. The first kappa shape index (κ1) is 12.6. The van der Waals surface area contributed by atoms with Crippen LogP contribution in [0.2, 0.25) is 0 Å². The number of aryl methyl sites for hydroxylation is 1. The molecule has 3 nitrogen and oxygen atoms in total. The van der Waals surface area contributed by atoms with Crippen LogP contribution in [0.15, 0.2) is 55.0 Å². The van der Waals surface area contributed by atoms with Crippen LogP contribution in [-0.4, -0.2) is 15.8 Å². The molecule has 0 saturated heterocycles. The number of carbonyl (C=O) groups excluding carboxylic acids is 1. The Kier molecular flexibility index (Phi) is 3.59. The molecule has 0 radical (unpaired) electrons. The second-order valence-electron chi connectivity index (χ2n) is 4.88. The van der Waals surface area contributed by atoms with Gasteiger partial charge in [-0.05, 0) is 36.6 Å². The van der Waals surface area contributed by atoms with E-state index in [1.54, 1.807) is 18.5 Å². The van der Waals surface area contributed by atoms with Crippen LogP contribution in [0.3, 0.4) is 0 Å². The Morgan fingerprint density at radius 1 is 1.15 bits per heavy atom. The molecular weight excluding hydrogens is 248 g/mol. The number of Topliss-reactive ketones (excluding diaryl/α,β-unsaturated/α-hetero) is 1. The molecule has 2 heterocycles. The van der Waals surface area contributed by atoms with Crippen molar-refractivity contribution in [1.29, 1.82) is 0 Å². The van der Waals surface area contributed by atoms with Crippen molar-refractivity contribution in [3.63, 3.8) is 0 Å². The van der Waals surface area contributed by atoms with Gasteiger partial charge < -0.3 is 4.98 Å². The lowest BCUT2D eigenvalue weighted by atomic mass is 10.0. The number of ketones is 1. The van der Waals surface area contributed by atoms with E-state index in [4.69, 9.17) is 0 Å². The summed E-state index contributed by atoms with van der Waals surface area (Å²) in [5.41, 5.74) is 3.13. The molecule has 0 spiro atoms. The topological polar surface area (TPSA) is 45.8 Å². The van der Waals surface area contributed by atoms with Gasteiger partial charge in [0.15, 0.2) is 5.78 Å². The van der Waals surface area contributed by atoms with Crippen molar-refractivity contribution in [2.45, 2.75) is 19.3 Å². The predicted molar refractivity (Wildman–Crippen MR) is 79.8 cm³/mol. The van der Waals surface area contributed by atoms with Crippen LogP contribution < -0.4 is 0 Å². The number of nitrogens with one attached hydrogen (secondary N) is 1. The Balaban J connectivity index is 1.62. The van der Waals surface area contributed by atoms with E-state index in [1.807, 2.05) is 24.4 Å². The first-order valence-corrected chi connectivity index (χ1v) is 6.83. The van der Waals surface area contributed by atoms with Crippen molar-refractivity contribution in [2.75, 3.05) is 0 Å². The molecule has 3 rings (SSSR count). The maximum atomic E-state index is 12.0. The number of nitrogens with zero attached hydrogens (tertiary/aromatic N) is 1. The fraction of sp³-hybridized carbons (Fsp3) is 0.176. The quantitative estimate of drug-likeness (QED) is 0.713. The zero-order chi connectivity index (χ0) is 13.8. The monoisotopic (exact) mass is 264 g/mol. The second kappa shape index (κ2) is 5.70. The smallest absolute Gasteiger partial charge is 0.164 e. The van der Waals surface area contributed by atoms with Crippen LogP contribution in [0.4, 0.5) is 0 Å². The number of aromatic amines is 1. The van der Waals surface area contributed by atoms with Crippen LogP contribution in [0.25, 0.3) is 10.9 Å². The van der Waals surface area contributed by atoms with Gasteiger partial charge in [-0.1, -0.05) is 18.2 Å². The van der Waals surface area contributed by atoms with Gasteiger partial charge in [-0.15, -0.1) is 0 Å². The summed E-state index contributed by atoms with van der Waals surface area (Å²) in [5.74, 6) is 0.165. The lowest BCUT2D eigenvalue weighted by Crippen LogP contribution is -2.00. The molecule has 1 aromatic carbocycles. The number of para-hydroxylation sites is 1. The Morgan fingerprint density at radius 2 is 2.05 bits per heavy atom. The molecule has 0 atom stereocenters. The summed E-state index contributed by atoms with van der Waals surface area (Å²) >= 11 is 0. The van der Waals surface area contributed by atoms with Gasteiger partial charge in [0.25, 0.3) is 0 Å². The van der Waals surface area contributed by atoms with Gasteiger partial charge in [0.2, 0.25) is 0 Å². The lowest BCUT2D eigenvalue weighted by molar-refractivity contribution is 0.0980. The molecule has 20 heavy (non-hydrogen) atoms. The van der Waals surface area contributed by atoms with Gasteiger partial charge in [-0.2, -0.15) is 0 Å². The highest BCUT2D eigenvalue weighted by molar-refractivity contribution is 5.95. The van der Waals surface area contributed by atoms with E-state index < -0.39 is 0 Å². The van der Waals surface area contributed by atoms with Crippen molar-refractivity contribution >= 4 is 16.7 Å². The van der Waals surface area contributed by atoms with Crippen LogP contribution in [-0.2, 0) is 6.42 Å². The summed E-state index contributed by atoms with van der Waals surface area (Å²) in [6.07, 6.45) is 7.69. The number of rotatable bonds is 5. The summed E-state index contributed by atoms with van der Waals surface area (Å²) < 4.78 is 0. The van der Waals surface area contributed by atoms with Crippen molar-refractivity contribution < 1.29 is 4.79 Å². The van der Waals surface area contributed by atoms with E-state index in [-0.39, 0.29) is 5.78 Å². The third-order valence-corrected chi connectivity index (χ3v) is 3.51. The van der Waals surface area contributed by atoms with Gasteiger partial charge >= 0.3 is 0 Å². The van der Waals surface area contributed by atoms with Crippen LogP contribution in [0.1, 0.15) is 28.8 Å². The fourth-order valence-electron chi connectivity index (χ4n) is 2.45. The maximum Gasteiger partial charge on any atom is 0.164 e. The molecule has 2 aromatic heterocycles. The summed E-state index contributed by atoms with van der Waals surface area (Å²) in [7, 11) is 0. The highest BCUT2D eigenvalue weighted by Crippen LogP contribution is 2.19. The highest BCUT2D eigenvalue weighted by Gasteiger charge is 2.07. The molecule has 1 N–H and O–H groups in total. The molecular formula is C17H16N2O. The molecule has 3 heteroatoms. The van der Waals surface area contributed by atoms with Crippen LogP contribution in [0, 0.1) is 0 Å². The zero-order valence-corrected chi connectivity index (χ0v) is 11.2. The molecule has 0 amide bonds. The van der Waals surface area contributed by atoms with Gasteiger partial charge in [0, 0.05) is 41.5 Å². The molecule has 3 aromatic rings. The molecule has 0 aliphatic heterocycles. The Bertz CT molecular complexity index is 716. The number of hydrogen-bond acceptors (Lipinski definition) is 2. The first-order valence-electron chi connectivity index (χ1n) is 6.83. The largest absolute Gasteiger partial charge is 0.361 e. The van der Waals surface area contributed by atoms with E-state index in [9.17, 15) is 4.79 Å². The average molecular weight is 264 g/mol. The Hall–Kier alpha value is -2.42. The number of hydrogen-bond donors (Lipinski definition) is 1. The van der Waals surface area contributed by atoms with E-state index in [0.717, 1.165) is 18.4 Å². The minimum absolute atomic E-state index is 0.165. The van der Waals surface area contributed by atoms with E-state index in [0.29, 0.717) is 12.0 Å². The van der Waals surface area contributed by atoms with Crippen molar-refractivity contribution in [1.82, 2.24) is 9.97 Å². The summed E-state index contributed by atoms with van der Waals surface area (Å²) in [5, 5.41) is 1.25. The molecule has 100 valence electrons. The second-order valence-corrected chi connectivity index (χ2v) is 4.88. The summed E-state index contributed by atoms with van der Waals surface area (Å²) in [6, 6.07) is 11.9. The lowest BCUT2D eigenvalue weighted by Gasteiger charge is -2.01. The minimum atomic E-state index is 0.165. The standard InChI is InChI=1S/C17H16N2O/c20-17(14-6-4-10-18-11-14)9-3-5-13-12-19-16-8-2-1-7-15(13)16/h1-2,4,6-8,10-12,19H,3,5,9H2. The number of fused-ring (bicyclic) bond motifs is 1. The fourth-order valence-corrected chi connectivity index (χ4v) is 2.45. The number of carbonyl (C=O) groups is 1. The van der Waals surface area contributed by atoms with Gasteiger partial charge in [-0.3, -0.25) is 9.78 Å². The summed E-state index contributed by atoms with van der Waals surface area (Å²) in [4.78, 5) is 19.2. The number of pyridine rings is 1. The molecule has 0 bridgehead atoms. The Morgan fingerprint density at radius 3 is 2.90 bits per heavy atom. The van der Waals surface area contributed by atoms with Gasteiger partial charge in [0.05, 0.1) is 0 Å². The van der Waals surface area contributed by atoms with Crippen molar-refractivity contribution in [3.8, 4) is 0 Å². The maximum absolute atomic E-state index is 12.0. The van der Waals surface area contributed by atoms with Crippen LogP contribution >= 0.6 is 0 Å². The van der Waals surface area contributed by atoms with Gasteiger partial charge in [-0.25, -0.2) is 0 Å². The molecule has 0 aliphatic rings. The van der Waals surface area contributed by atoms with E-state index in [1.165, 1.54) is 10.9 Å². The molecule has 0 fully saturated rings. The zero-order valence-electron chi connectivity index (χ0n) is 11.2. The highest BCUT2D eigenvalue weighted by atomic mass is 16.1. The molecule has 0 aliphatic carbocycles. The van der Waals surface area contributed by atoms with Gasteiger partial charge in [0.1, 0.15) is 0 Å². The minimum Gasteiger partial charge on any atom is -0.361 e. The number of aromatic nitrogens is 2. The average Bonchev–Trinajstić information content (AvgIpc) is 2.92. The van der Waals surface area contributed by atoms with Crippen molar-refractivity contribution in [3.05, 3.63) is 66.1 Å². The Labute approximate surface area is 117 Å². The SMILES string of the molecule is O=C(CCCc1c[nH]c2ccccc12)c1cccnc1. The van der Waals surface area contributed by atoms with Crippen LogP contribution in [0.5, 0.6) is 0 Å². The third-order valence-electron chi connectivity index (χ3n) is 3.51. The number of H-pyrrole nitrogens is 1. The summed E-state index contributed by atoms with van der Waals surface area (Å²) in [6.45, 7) is 0. The normalized spacial score (nSPS) is 10.8.